The molecule has 22 heavy (non-hydrogen) atoms. The lowest BCUT2D eigenvalue weighted by Crippen LogP contribution is -2.49. The molecule has 1 aromatic heterocycles. The average Bonchev–Trinajstić information content (AvgIpc) is 2.42. The minimum Gasteiger partial charge on any atom is -0.484 e. The summed E-state index contributed by atoms with van der Waals surface area (Å²) in [5, 5.41) is 11.2. The summed E-state index contributed by atoms with van der Waals surface area (Å²) >= 11 is 0. The molecule has 0 bridgehead atoms. The van der Waals surface area contributed by atoms with E-state index in [1.54, 1.807) is 32.0 Å². The SMILES string of the molecule is CC(=O)O[C@@H]1c2c(ccc3ccc(=O)oc23)OC(C)(C)[C@H]1O. The standard InChI is InChI=1S/C16H16O6/c1-8(17)20-14-12-10(22-16(2,3)15(14)19)6-4-9-5-7-11(18)21-13(9)12/h4-7,14-15,19H,1-3H3/t14-,15+/m1/s1. The Bertz CT molecular complexity index is 804. The van der Waals surface area contributed by atoms with Gasteiger partial charge < -0.3 is 19.0 Å². The van der Waals surface area contributed by atoms with E-state index in [2.05, 4.69) is 0 Å². The largest absolute Gasteiger partial charge is 0.484 e. The van der Waals surface area contributed by atoms with Crippen LogP contribution in [0.2, 0.25) is 0 Å². The molecule has 2 atom stereocenters. The second kappa shape index (κ2) is 4.84. The smallest absolute Gasteiger partial charge is 0.336 e. The molecule has 116 valence electrons. The van der Waals surface area contributed by atoms with Crippen LogP contribution in [0.15, 0.2) is 33.5 Å². The van der Waals surface area contributed by atoms with Crippen LogP contribution in [0.1, 0.15) is 32.4 Å². The normalized spacial score (nSPS) is 22.7. The molecule has 1 aliphatic heterocycles. The second-order valence-corrected chi connectivity index (χ2v) is 5.83. The zero-order valence-corrected chi connectivity index (χ0v) is 12.5. The summed E-state index contributed by atoms with van der Waals surface area (Å²) in [6.07, 6.45) is -2.06. The van der Waals surface area contributed by atoms with Gasteiger partial charge in [-0.3, -0.25) is 4.79 Å². The summed E-state index contributed by atoms with van der Waals surface area (Å²) in [6.45, 7) is 4.65. The van der Waals surface area contributed by atoms with Gasteiger partial charge in [0.25, 0.3) is 0 Å². The van der Waals surface area contributed by atoms with Crippen molar-refractivity contribution in [3.05, 3.63) is 40.2 Å². The highest BCUT2D eigenvalue weighted by atomic mass is 16.6. The molecule has 3 rings (SSSR count). The predicted octanol–water partition coefficient (Wildman–Crippen LogP) is 1.93. The van der Waals surface area contributed by atoms with Gasteiger partial charge in [0.2, 0.25) is 0 Å². The van der Waals surface area contributed by atoms with Gasteiger partial charge in [0.1, 0.15) is 23.0 Å². The lowest BCUT2D eigenvalue weighted by molar-refractivity contribution is -0.167. The third-order valence-electron chi connectivity index (χ3n) is 3.74. The zero-order valence-electron chi connectivity index (χ0n) is 12.5. The van der Waals surface area contributed by atoms with Gasteiger partial charge in [-0.15, -0.1) is 0 Å². The van der Waals surface area contributed by atoms with Crippen molar-refractivity contribution in [2.45, 2.75) is 38.6 Å². The molecule has 0 aliphatic carbocycles. The Labute approximate surface area is 126 Å². The second-order valence-electron chi connectivity index (χ2n) is 5.83. The maximum Gasteiger partial charge on any atom is 0.336 e. The number of carbonyl (C=O) groups excluding carboxylic acids is 1. The Balaban J connectivity index is 2.30. The van der Waals surface area contributed by atoms with Gasteiger partial charge >= 0.3 is 11.6 Å². The summed E-state index contributed by atoms with van der Waals surface area (Å²) in [4.78, 5) is 22.9. The molecule has 0 unspecified atom stereocenters. The highest BCUT2D eigenvalue weighted by Gasteiger charge is 2.46. The van der Waals surface area contributed by atoms with Gasteiger partial charge in [-0.1, -0.05) is 0 Å². The number of carbonyl (C=O) groups is 1. The Kier molecular flexibility index (Phi) is 3.21. The first-order chi connectivity index (χ1) is 10.3. The van der Waals surface area contributed by atoms with Crippen LogP contribution < -0.4 is 10.4 Å². The quantitative estimate of drug-likeness (QED) is 0.640. The lowest BCUT2D eigenvalue weighted by Gasteiger charge is -2.41. The molecule has 0 fully saturated rings. The van der Waals surface area contributed by atoms with Crippen LogP contribution in [0, 0.1) is 0 Å². The molecule has 2 aromatic rings. The first-order valence-electron chi connectivity index (χ1n) is 6.90. The van der Waals surface area contributed by atoms with Crippen molar-refractivity contribution in [1.82, 2.24) is 0 Å². The van der Waals surface area contributed by atoms with E-state index in [1.807, 2.05) is 0 Å². The van der Waals surface area contributed by atoms with Crippen LogP contribution in [0.4, 0.5) is 0 Å². The molecule has 0 spiro atoms. The van der Waals surface area contributed by atoms with Crippen LogP contribution >= 0.6 is 0 Å². The van der Waals surface area contributed by atoms with Crippen molar-refractivity contribution in [3.8, 4) is 5.75 Å². The summed E-state index contributed by atoms with van der Waals surface area (Å²) in [7, 11) is 0. The number of benzene rings is 1. The number of aliphatic hydroxyl groups is 1. The third-order valence-corrected chi connectivity index (χ3v) is 3.74. The van der Waals surface area contributed by atoms with Gasteiger partial charge in [-0.25, -0.2) is 4.79 Å². The topological polar surface area (TPSA) is 86.0 Å². The predicted molar refractivity (Wildman–Crippen MR) is 77.7 cm³/mol. The van der Waals surface area contributed by atoms with Crippen molar-refractivity contribution < 1.29 is 23.8 Å². The highest BCUT2D eigenvalue weighted by Crippen LogP contribution is 2.44. The third kappa shape index (κ3) is 2.25. The number of fused-ring (bicyclic) bond motifs is 3. The number of rotatable bonds is 1. The summed E-state index contributed by atoms with van der Waals surface area (Å²) in [5.41, 5.74) is -0.847. The Morgan fingerprint density at radius 3 is 2.64 bits per heavy atom. The molecular weight excluding hydrogens is 288 g/mol. The Hall–Kier alpha value is -2.34. The summed E-state index contributed by atoms with van der Waals surface area (Å²) in [6, 6.07) is 6.37. The van der Waals surface area contributed by atoms with Crippen molar-refractivity contribution in [3.63, 3.8) is 0 Å². The van der Waals surface area contributed by atoms with Gasteiger partial charge in [0.15, 0.2) is 6.10 Å². The number of hydrogen-bond acceptors (Lipinski definition) is 6. The van der Waals surface area contributed by atoms with E-state index >= 15 is 0 Å². The van der Waals surface area contributed by atoms with Crippen LogP contribution in [0.5, 0.6) is 5.75 Å². The van der Waals surface area contributed by atoms with Crippen LogP contribution in [-0.4, -0.2) is 22.8 Å². The molecule has 0 saturated carbocycles. The van der Waals surface area contributed by atoms with Crippen molar-refractivity contribution >= 4 is 16.9 Å². The number of ether oxygens (including phenoxy) is 2. The van der Waals surface area contributed by atoms with E-state index in [-0.39, 0.29) is 5.58 Å². The van der Waals surface area contributed by atoms with E-state index in [1.165, 1.54) is 13.0 Å². The zero-order chi connectivity index (χ0) is 16.1. The minimum absolute atomic E-state index is 0.255. The number of esters is 1. The molecule has 6 nitrogen and oxygen atoms in total. The lowest BCUT2D eigenvalue weighted by atomic mass is 9.87. The van der Waals surface area contributed by atoms with Gasteiger partial charge in [0.05, 0.1) is 5.56 Å². The van der Waals surface area contributed by atoms with Gasteiger partial charge in [-0.2, -0.15) is 0 Å². The van der Waals surface area contributed by atoms with E-state index in [9.17, 15) is 14.7 Å². The number of hydrogen-bond donors (Lipinski definition) is 1. The maximum absolute atomic E-state index is 11.5. The summed E-state index contributed by atoms with van der Waals surface area (Å²) in [5.74, 6) is -0.119. The van der Waals surface area contributed by atoms with Crippen molar-refractivity contribution in [1.29, 1.82) is 0 Å². The highest BCUT2D eigenvalue weighted by molar-refractivity contribution is 5.83. The van der Waals surface area contributed by atoms with Gasteiger partial charge in [-0.05, 0) is 32.0 Å². The molecule has 2 heterocycles. The van der Waals surface area contributed by atoms with Crippen LogP contribution in [0.25, 0.3) is 11.0 Å². The van der Waals surface area contributed by atoms with E-state index in [0.717, 1.165) is 0 Å². The van der Waals surface area contributed by atoms with Crippen LogP contribution in [0.3, 0.4) is 0 Å². The monoisotopic (exact) mass is 304 g/mol. The number of aliphatic hydroxyl groups excluding tert-OH is 1. The molecule has 6 heteroatoms. The fraction of sp³-hybridized carbons (Fsp3) is 0.375. The minimum atomic E-state index is -1.10. The Morgan fingerprint density at radius 1 is 1.27 bits per heavy atom. The fourth-order valence-electron chi connectivity index (χ4n) is 2.66. The Morgan fingerprint density at radius 2 is 1.95 bits per heavy atom. The average molecular weight is 304 g/mol. The van der Waals surface area contributed by atoms with Crippen molar-refractivity contribution in [2.75, 3.05) is 0 Å². The first-order valence-corrected chi connectivity index (χ1v) is 6.90. The first kappa shape index (κ1) is 14.6. The molecule has 1 aliphatic rings. The van der Waals surface area contributed by atoms with E-state index < -0.39 is 29.4 Å². The summed E-state index contributed by atoms with van der Waals surface area (Å²) < 4.78 is 16.3. The van der Waals surface area contributed by atoms with E-state index in [4.69, 9.17) is 13.9 Å². The van der Waals surface area contributed by atoms with Crippen molar-refractivity contribution in [2.24, 2.45) is 0 Å². The molecule has 0 amide bonds. The molecule has 0 radical (unpaired) electrons. The van der Waals surface area contributed by atoms with Gasteiger partial charge in [0, 0.05) is 18.4 Å². The molecule has 1 aromatic carbocycles. The molecule has 0 saturated heterocycles. The molecular formula is C16H16O6. The maximum atomic E-state index is 11.5. The van der Waals surface area contributed by atoms with E-state index in [0.29, 0.717) is 16.7 Å². The fourth-order valence-corrected chi connectivity index (χ4v) is 2.66. The molecule has 1 N–H and O–H groups in total. The van der Waals surface area contributed by atoms with Crippen LogP contribution in [-0.2, 0) is 9.53 Å².